The Morgan fingerprint density at radius 3 is 2.28 bits per heavy atom. The first-order valence-corrected chi connectivity index (χ1v) is 8.51. The Kier molecular flexibility index (Phi) is 6.58. The molecule has 1 N–H and O–H groups in total. The third-order valence-corrected chi connectivity index (χ3v) is 4.34. The van der Waals surface area contributed by atoms with Crippen LogP contribution in [-0.4, -0.2) is 42.4 Å². The molecule has 0 saturated heterocycles. The third-order valence-electron chi connectivity index (χ3n) is 4.07. The van der Waals surface area contributed by atoms with Crippen molar-refractivity contribution in [1.82, 2.24) is 14.9 Å². The van der Waals surface area contributed by atoms with Gasteiger partial charge in [-0.1, -0.05) is 13.8 Å². The fourth-order valence-electron chi connectivity index (χ4n) is 2.61. The summed E-state index contributed by atoms with van der Waals surface area (Å²) in [7, 11) is 4.76. The summed E-state index contributed by atoms with van der Waals surface area (Å²) < 4.78 is 18.2. The molecule has 1 aromatic carbocycles. The Morgan fingerprint density at radius 2 is 1.72 bits per heavy atom. The zero-order valence-electron chi connectivity index (χ0n) is 15.2. The lowest BCUT2D eigenvalue weighted by Gasteiger charge is -2.12. The second-order valence-corrected chi connectivity index (χ2v) is 5.79. The van der Waals surface area contributed by atoms with E-state index in [4.69, 9.17) is 26.4 Å². The van der Waals surface area contributed by atoms with Gasteiger partial charge in [0, 0.05) is 17.5 Å². The van der Waals surface area contributed by atoms with Crippen molar-refractivity contribution < 1.29 is 14.2 Å². The Morgan fingerprint density at radius 1 is 1.12 bits per heavy atom. The van der Waals surface area contributed by atoms with E-state index < -0.39 is 0 Å². The summed E-state index contributed by atoms with van der Waals surface area (Å²) in [5.74, 6) is 2.93. The number of hydrogen-bond donors (Lipinski definition) is 1. The molecule has 136 valence electrons. The topological polar surface area (TPSA) is 73.7 Å². The predicted molar refractivity (Wildman–Crippen MR) is 99.8 cm³/mol. The first-order chi connectivity index (χ1) is 12.1. The summed E-state index contributed by atoms with van der Waals surface area (Å²) in [6.45, 7) is 4.24. The number of benzene rings is 1. The van der Waals surface area contributed by atoms with E-state index in [9.17, 15) is 0 Å². The Bertz CT molecular complexity index is 794. The largest absolute Gasteiger partial charge is 0.496 e. The van der Waals surface area contributed by atoms with Gasteiger partial charge in [0.05, 0.1) is 27.5 Å². The molecule has 0 unspecified atom stereocenters. The Hall–Kier alpha value is -2.35. The highest BCUT2D eigenvalue weighted by Crippen LogP contribution is 2.33. The van der Waals surface area contributed by atoms with Crippen molar-refractivity contribution in [2.24, 2.45) is 5.10 Å². The molecule has 1 heterocycles. The summed E-state index contributed by atoms with van der Waals surface area (Å²) in [6, 6.07) is 3.57. The van der Waals surface area contributed by atoms with E-state index >= 15 is 0 Å². The molecule has 7 nitrogen and oxygen atoms in total. The van der Waals surface area contributed by atoms with Gasteiger partial charge in [0.2, 0.25) is 4.77 Å². The summed E-state index contributed by atoms with van der Waals surface area (Å²) in [5.41, 5.74) is 0.749. The number of nitrogens with one attached hydrogen (secondary N) is 1. The van der Waals surface area contributed by atoms with E-state index in [1.54, 1.807) is 38.3 Å². The van der Waals surface area contributed by atoms with Crippen LogP contribution in [0.15, 0.2) is 17.2 Å². The van der Waals surface area contributed by atoms with E-state index in [2.05, 4.69) is 29.1 Å². The number of methoxy groups -OCH3 is 3. The van der Waals surface area contributed by atoms with Crippen molar-refractivity contribution in [3.8, 4) is 17.2 Å². The number of ether oxygens (including phenoxy) is 3. The van der Waals surface area contributed by atoms with Crippen molar-refractivity contribution in [3.63, 3.8) is 0 Å². The lowest BCUT2D eigenvalue weighted by atomic mass is 10.0. The van der Waals surface area contributed by atoms with E-state index in [1.165, 1.54) is 0 Å². The summed E-state index contributed by atoms with van der Waals surface area (Å²) >= 11 is 5.31. The molecule has 0 aliphatic carbocycles. The Balaban J connectivity index is 2.46. The molecule has 2 aromatic rings. The number of rotatable bonds is 8. The van der Waals surface area contributed by atoms with Gasteiger partial charge in [-0.2, -0.15) is 14.9 Å². The lowest BCUT2D eigenvalue weighted by molar-refractivity contribution is 0.349. The number of nitrogens with zero attached hydrogens (tertiary/aromatic N) is 3. The van der Waals surface area contributed by atoms with Gasteiger partial charge < -0.3 is 14.2 Å². The van der Waals surface area contributed by atoms with Gasteiger partial charge in [0.1, 0.15) is 5.75 Å². The fraction of sp³-hybridized carbons (Fsp3) is 0.471. The first-order valence-electron chi connectivity index (χ1n) is 8.11. The smallest absolute Gasteiger partial charge is 0.216 e. The monoisotopic (exact) mass is 364 g/mol. The van der Waals surface area contributed by atoms with Crippen LogP contribution in [0.1, 0.15) is 44.0 Å². The second kappa shape index (κ2) is 8.66. The maximum atomic E-state index is 5.42. The van der Waals surface area contributed by atoms with E-state index in [-0.39, 0.29) is 5.92 Å². The SMILES string of the molecule is CCC(CC)c1n[nH]c(=S)n1/N=C\c1cc(OC)c(OC)cc1OC. The number of H-pyrrole nitrogens is 1. The molecule has 0 saturated carbocycles. The second-order valence-electron chi connectivity index (χ2n) is 5.41. The third kappa shape index (κ3) is 4.01. The van der Waals surface area contributed by atoms with Crippen LogP contribution in [0, 0.1) is 4.77 Å². The first kappa shape index (κ1) is 19.0. The van der Waals surface area contributed by atoms with Crippen molar-refractivity contribution in [1.29, 1.82) is 0 Å². The maximum absolute atomic E-state index is 5.42. The fourth-order valence-corrected chi connectivity index (χ4v) is 2.79. The van der Waals surface area contributed by atoms with Crippen molar-refractivity contribution in [2.75, 3.05) is 21.3 Å². The molecule has 0 amide bonds. The Labute approximate surface area is 152 Å². The summed E-state index contributed by atoms with van der Waals surface area (Å²) in [6.07, 6.45) is 3.61. The highest BCUT2D eigenvalue weighted by Gasteiger charge is 2.15. The van der Waals surface area contributed by atoms with Crippen molar-refractivity contribution in [3.05, 3.63) is 28.3 Å². The highest BCUT2D eigenvalue weighted by molar-refractivity contribution is 7.71. The van der Waals surface area contributed by atoms with Gasteiger partial charge in [-0.05, 0) is 31.1 Å². The van der Waals surface area contributed by atoms with Gasteiger partial charge in [0.25, 0.3) is 0 Å². The highest BCUT2D eigenvalue weighted by atomic mass is 32.1. The van der Waals surface area contributed by atoms with E-state index in [0.717, 1.165) is 24.2 Å². The van der Waals surface area contributed by atoms with Crippen LogP contribution in [0.2, 0.25) is 0 Å². The maximum Gasteiger partial charge on any atom is 0.216 e. The molecule has 0 fully saturated rings. The molecule has 0 bridgehead atoms. The lowest BCUT2D eigenvalue weighted by Crippen LogP contribution is -2.05. The van der Waals surface area contributed by atoms with Gasteiger partial charge in [-0.25, -0.2) is 0 Å². The normalized spacial score (nSPS) is 11.3. The molecule has 0 aliphatic rings. The molecule has 25 heavy (non-hydrogen) atoms. The summed E-state index contributed by atoms with van der Waals surface area (Å²) in [4.78, 5) is 0. The van der Waals surface area contributed by atoms with Crippen molar-refractivity contribution >= 4 is 18.4 Å². The van der Waals surface area contributed by atoms with Gasteiger partial charge in [0.15, 0.2) is 17.3 Å². The van der Waals surface area contributed by atoms with Crippen LogP contribution in [0.5, 0.6) is 17.2 Å². The van der Waals surface area contributed by atoms with Crippen LogP contribution < -0.4 is 14.2 Å². The minimum absolute atomic E-state index is 0.289. The molecule has 8 heteroatoms. The standard InChI is InChI=1S/C17H24N4O3S/c1-6-11(7-2)16-19-20-17(25)21(16)18-10-12-8-14(23-4)15(24-5)9-13(12)22-3/h8-11H,6-7H2,1-5H3,(H,20,25)/b18-10-. The molecular formula is C17H24N4O3S. The number of aromatic nitrogens is 3. The zero-order valence-corrected chi connectivity index (χ0v) is 16.0. The molecule has 0 radical (unpaired) electrons. The van der Waals surface area contributed by atoms with E-state index in [0.29, 0.717) is 22.0 Å². The van der Waals surface area contributed by atoms with Crippen LogP contribution in [0.3, 0.4) is 0 Å². The zero-order chi connectivity index (χ0) is 18.4. The van der Waals surface area contributed by atoms with Crippen LogP contribution in [-0.2, 0) is 0 Å². The minimum atomic E-state index is 0.289. The van der Waals surface area contributed by atoms with Crippen LogP contribution in [0.25, 0.3) is 0 Å². The van der Waals surface area contributed by atoms with Crippen LogP contribution >= 0.6 is 12.2 Å². The van der Waals surface area contributed by atoms with Gasteiger partial charge in [-0.3, -0.25) is 5.10 Å². The number of aromatic amines is 1. The molecular weight excluding hydrogens is 340 g/mol. The minimum Gasteiger partial charge on any atom is -0.496 e. The average Bonchev–Trinajstić information content (AvgIpc) is 3.00. The number of hydrogen-bond acceptors (Lipinski definition) is 6. The molecule has 1 aromatic heterocycles. The molecule has 0 atom stereocenters. The van der Waals surface area contributed by atoms with Gasteiger partial charge in [-0.15, -0.1) is 0 Å². The predicted octanol–water partition coefficient (Wildman–Crippen LogP) is 3.75. The van der Waals surface area contributed by atoms with Gasteiger partial charge >= 0.3 is 0 Å². The molecule has 0 aliphatic heterocycles. The quantitative estimate of drug-likeness (QED) is 0.570. The summed E-state index contributed by atoms with van der Waals surface area (Å²) in [5, 5.41) is 11.7. The van der Waals surface area contributed by atoms with Crippen molar-refractivity contribution in [2.45, 2.75) is 32.6 Å². The molecule has 2 rings (SSSR count). The van der Waals surface area contributed by atoms with E-state index in [1.807, 2.05) is 6.07 Å². The average molecular weight is 364 g/mol. The van der Waals surface area contributed by atoms with Crippen LogP contribution in [0.4, 0.5) is 0 Å². The molecule has 0 spiro atoms.